The van der Waals surface area contributed by atoms with E-state index in [2.05, 4.69) is 43.3 Å². The molecule has 4 heteroatoms. The summed E-state index contributed by atoms with van der Waals surface area (Å²) in [6.07, 6.45) is 3.73. The van der Waals surface area contributed by atoms with Gasteiger partial charge in [-0.3, -0.25) is 4.99 Å². The number of aliphatic imine (C=N–C) groups is 1. The summed E-state index contributed by atoms with van der Waals surface area (Å²) in [6, 6.07) is 0.652. The SMILES string of the molecule is CCNC(=NCC(CC)CC)NC1CC1C.I. The standard InChI is InChI=1S/C13H27N3.HI/c1-5-11(6-2)9-15-13(14-7-3)16-12-8-10(12)4;/h10-12H,5-9H2,1-4H3,(H2,14,15,16);1H. The molecule has 102 valence electrons. The van der Waals surface area contributed by atoms with Crippen LogP contribution in [0.2, 0.25) is 0 Å². The third kappa shape index (κ3) is 6.48. The molecule has 1 aliphatic carbocycles. The normalized spacial score (nSPS) is 23.2. The van der Waals surface area contributed by atoms with E-state index in [-0.39, 0.29) is 24.0 Å². The molecular weight excluding hydrogens is 325 g/mol. The second-order valence-corrected chi connectivity index (χ2v) is 4.87. The minimum Gasteiger partial charge on any atom is -0.357 e. The van der Waals surface area contributed by atoms with Crippen LogP contribution in [-0.4, -0.2) is 25.1 Å². The first kappa shape index (κ1) is 17.0. The summed E-state index contributed by atoms with van der Waals surface area (Å²) in [5, 5.41) is 6.80. The van der Waals surface area contributed by atoms with Gasteiger partial charge in [0.05, 0.1) is 0 Å². The van der Waals surface area contributed by atoms with Crippen LogP contribution in [0.1, 0.15) is 47.0 Å². The molecule has 0 spiro atoms. The van der Waals surface area contributed by atoms with Gasteiger partial charge < -0.3 is 10.6 Å². The van der Waals surface area contributed by atoms with Gasteiger partial charge in [0.25, 0.3) is 0 Å². The van der Waals surface area contributed by atoms with Gasteiger partial charge in [-0.15, -0.1) is 24.0 Å². The molecule has 0 aromatic carbocycles. The molecule has 0 bridgehead atoms. The van der Waals surface area contributed by atoms with Crippen molar-refractivity contribution in [2.75, 3.05) is 13.1 Å². The van der Waals surface area contributed by atoms with Crippen molar-refractivity contribution in [1.29, 1.82) is 0 Å². The zero-order valence-electron chi connectivity index (χ0n) is 11.6. The largest absolute Gasteiger partial charge is 0.357 e. The predicted molar refractivity (Wildman–Crippen MR) is 86.2 cm³/mol. The minimum absolute atomic E-state index is 0. The fourth-order valence-electron chi connectivity index (χ4n) is 1.79. The van der Waals surface area contributed by atoms with Gasteiger partial charge in [0.1, 0.15) is 0 Å². The van der Waals surface area contributed by atoms with Crippen molar-refractivity contribution in [2.45, 2.75) is 53.0 Å². The van der Waals surface area contributed by atoms with E-state index < -0.39 is 0 Å². The van der Waals surface area contributed by atoms with Crippen LogP contribution in [0.15, 0.2) is 4.99 Å². The molecule has 0 saturated heterocycles. The second-order valence-electron chi connectivity index (χ2n) is 4.87. The summed E-state index contributed by atoms with van der Waals surface area (Å²) in [6.45, 7) is 10.8. The Kier molecular flexibility index (Phi) is 9.00. The summed E-state index contributed by atoms with van der Waals surface area (Å²) in [4.78, 5) is 4.66. The Morgan fingerprint density at radius 1 is 1.29 bits per heavy atom. The Morgan fingerprint density at radius 3 is 2.29 bits per heavy atom. The number of hydrogen-bond donors (Lipinski definition) is 2. The Bertz CT molecular complexity index is 227. The highest BCUT2D eigenvalue weighted by Crippen LogP contribution is 2.28. The number of rotatable bonds is 6. The van der Waals surface area contributed by atoms with Crippen molar-refractivity contribution >= 4 is 29.9 Å². The molecule has 2 unspecified atom stereocenters. The first-order valence-electron chi connectivity index (χ1n) is 6.76. The quantitative estimate of drug-likeness (QED) is 0.438. The maximum atomic E-state index is 4.66. The molecule has 0 radical (unpaired) electrons. The molecule has 17 heavy (non-hydrogen) atoms. The Labute approximate surface area is 123 Å². The van der Waals surface area contributed by atoms with Crippen LogP contribution >= 0.6 is 24.0 Å². The average Bonchev–Trinajstić information content (AvgIpc) is 2.96. The molecule has 2 atom stereocenters. The molecule has 1 rings (SSSR count). The third-order valence-electron chi connectivity index (χ3n) is 3.44. The maximum Gasteiger partial charge on any atom is 0.191 e. The van der Waals surface area contributed by atoms with Crippen molar-refractivity contribution in [2.24, 2.45) is 16.8 Å². The molecule has 2 N–H and O–H groups in total. The second kappa shape index (κ2) is 9.00. The van der Waals surface area contributed by atoms with Gasteiger partial charge >= 0.3 is 0 Å². The van der Waals surface area contributed by atoms with Gasteiger partial charge in [-0.25, -0.2) is 0 Å². The van der Waals surface area contributed by atoms with Gasteiger partial charge in [-0.2, -0.15) is 0 Å². The van der Waals surface area contributed by atoms with Crippen molar-refractivity contribution in [1.82, 2.24) is 10.6 Å². The summed E-state index contributed by atoms with van der Waals surface area (Å²) in [5.74, 6) is 2.55. The molecule has 0 aromatic rings. The van der Waals surface area contributed by atoms with E-state index in [1.54, 1.807) is 0 Å². The molecule has 1 fully saturated rings. The maximum absolute atomic E-state index is 4.66. The van der Waals surface area contributed by atoms with Crippen LogP contribution in [0.25, 0.3) is 0 Å². The Balaban J connectivity index is 0.00000256. The number of halogens is 1. The van der Waals surface area contributed by atoms with Gasteiger partial charge in [-0.1, -0.05) is 33.6 Å². The number of hydrogen-bond acceptors (Lipinski definition) is 1. The number of nitrogens with zero attached hydrogens (tertiary/aromatic N) is 1. The fraction of sp³-hybridized carbons (Fsp3) is 0.923. The highest BCUT2D eigenvalue weighted by molar-refractivity contribution is 14.0. The van der Waals surface area contributed by atoms with Crippen LogP contribution in [-0.2, 0) is 0 Å². The van der Waals surface area contributed by atoms with Crippen LogP contribution in [0, 0.1) is 11.8 Å². The van der Waals surface area contributed by atoms with Crippen LogP contribution in [0.4, 0.5) is 0 Å². The highest BCUT2D eigenvalue weighted by Gasteiger charge is 2.33. The van der Waals surface area contributed by atoms with Gasteiger partial charge in [0, 0.05) is 19.1 Å². The predicted octanol–water partition coefficient (Wildman–Crippen LogP) is 3.00. The van der Waals surface area contributed by atoms with E-state index in [0.717, 1.165) is 30.9 Å². The Hall–Kier alpha value is 0. The van der Waals surface area contributed by atoms with E-state index in [1.165, 1.54) is 19.3 Å². The molecule has 3 nitrogen and oxygen atoms in total. The van der Waals surface area contributed by atoms with Crippen molar-refractivity contribution in [3.05, 3.63) is 0 Å². The molecule has 1 aliphatic rings. The summed E-state index contributed by atoms with van der Waals surface area (Å²) >= 11 is 0. The lowest BCUT2D eigenvalue weighted by Gasteiger charge is -2.13. The highest BCUT2D eigenvalue weighted by atomic mass is 127. The summed E-state index contributed by atoms with van der Waals surface area (Å²) in [5.41, 5.74) is 0. The van der Waals surface area contributed by atoms with Crippen LogP contribution < -0.4 is 10.6 Å². The van der Waals surface area contributed by atoms with Crippen molar-refractivity contribution in [3.63, 3.8) is 0 Å². The average molecular weight is 353 g/mol. The number of nitrogens with one attached hydrogen (secondary N) is 2. The van der Waals surface area contributed by atoms with Crippen LogP contribution in [0.3, 0.4) is 0 Å². The lowest BCUT2D eigenvalue weighted by atomic mass is 10.0. The summed E-state index contributed by atoms with van der Waals surface area (Å²) < 4.78 is 0. The zero-order valence-corrected chi connectivity index (χ0v) is 14.0. The smallest absolute Gasteiger partial charge is 0.191 e. The van der Waals surface area contributed by atoms with E-state index in [9.17, 15) is 0 Å². The zero-order chi connectivity index (χ0) is 12.0. The van der Waals surface area contributed by atoms with Gasteiger partial charge in [0.15, 0.2) is 5.96 Å². The summed E-state index contributed by atoms with van der Waals surface area (Å²) in [7, 11) is 0. The van der Waals surface area contributed by atoms with Crippen molar-refractivity contribution < 1.29 is 0 Å². The number of guanidine groups is 1. The fourth-order valence-corrected chi connectivity index (χ4v) is 1.79. The van der Waals surface area contributed by atoms with Crippen molar-refractivity contribution in [3.8, 4) is 0 Å². The first-order valence-corrected chi connectivity index (χ1v) is 6.76. The topological polar surface area (TPSA) is 36.4 Å². The molecule has 1 saturated carbocycles. The molecule has 0 aliphatic heterocycles. The molecular formula is C13H28IN3. The molecule has 0 heterocycles. The first-order chi connectivity index (χ1) is 7.71. The minimum atomic E-state index is 0. The lowest BCUT2D eigenvalue weighted by Crippen LogP contribution is -2.39. The van der Waals surface area contributed by atoms with E-state index >= 15 is 0 Å². The van der Waals surface area contributed by atoms with Gasteiger partial charge in [0.2, 0.25) is 0 Å². The van der Waals surface area contributed by atoms with E-state index in [1.807, 2.05) is 0 Å². The van der Waals surface area contributed by atoms with E-state index in [0.29, 0.717) is 6.04 Å². The lowest BCUT2D eigenvalue weighted by molar-refractivity contribution is 0.504. The monoisotopic (exact) mass is 353 g/mol. The molecule has 0 amide bonds. The third-order valence-corrected chi connectivity index (χ3v) is 3.44. The molecule has 0 aromatic heterocycles. The Morgan fingerprint density at radius 2 is 1.88 bits per heavy atom. The van der Waals surface area contributed by atoms with Crippen LogP contribution in [0.5, 0.6) is 0 Å². The van der Waals surface area contributed by atoms with E-state index in [4.69, 9.17) is 0 Å². The van der Waals surface area contributed by atoms with Gasteiger partial charge in [-0.05, 0) is 25.2 Å².